The molecule has 3 fully saturated rings. The van der Waals surface area contributed by atoms with E-state index in [1.165, 1.54) is 12.8 Å². The Bertz CT molecular complexity index is 937. The zero-order chi connectivity index (χ0) is 20.9. The molecule has 0 aromatic heterocycles. The number of anilines is 1. The highest BCUT2D eigenvalue weighted by Gasteiger charge is 2.45. The highest BCUT2D eigenvalue weighted by molar-refractivity contribution is 6.23. The number of amides is 4. The zero-order valence-electron chi connectivity index (χ0n) is 16.9. The van der Waals surface area contributed by atoms with Crippen LogP contribution in [-0.2, 0) is 9.59 Å². The molecule has 8 heteroatoms. The van der Waals surface area contributed by atoms with Crippen molar-refractivity contribution in [1.29, 1.82) is 0 Å². The van der Waals surface area contributed by atoms with Gasteiger partial charge in [-0.2, -0.15) is 0 Å². The molecule has 2 N–H and O–H groups in total. The molecule has 1 aromatic carbocycles. The molecule has 2 unspecified atom stereocenters. The predicted octanol–water partition coefficient (Wildman–Crippen LogP) is 1.06. The van der Waals surface area contributed by atoms with Crippen LogP contribution >= 0.6 is 0 Å². The molecule has 5 rings (SSSR count). The van der Waals surface area contributed by atoms with Crippen LogP contribution in [0, 0.1) is 5.41 Å². The number of rotatable bonds is 2. The van der Waals surface area contributed by atoms with Crippen molar-refractivity contribution in [3.63, 3.8) is 0 Å². The second-order valence-corrected chi connectivity index (χ2v) is 8.98. The average molecular weight is 410 g/mol. The Kier molecular flexibility index (Phi) is 4.61. The van der Waals surface area contributed by atoms with Crippen molar-refractivity contribution in [3.05, 3.63) is 29.3 Å². The number of piperidine rings is 1. The average Bonchev–Trinajstić information content (AvgIpc) is 3.19. The van der Waals surface area contributed by atoms with Crippen LogP contribution in [0.4, 0.5) is 5.69 Å². The van der Waals surface area contributed by atoms with E-state index in [1.54, 1.807) is 6.07 Å². The number of fused-ring (bicyclic) bond motifs is 1. The van der Waals surface area contributed by atoms with E-state index >= 15 is 0 Å². The first-order chi connectivity index (χ1) is 14.5. The van der Waals surface area contributed by atoms with Gasteiger partial charge in [0.1, 0.15) is 6.04 Å². The predicted molar refractivity (Wildman–Crippen MR) is 109 cm³/mol. The van der Waals surface area contributed by atoms with Gasteiger partial charge >= 0.3 is 0 Å². The second-order valence-electron chi connectivity index (χ2n) is 8.98. The molecular weight excluding hydrogens is 384 g/mol. The number of hydrogen-bond donors (Lipinski definition) is 2. The molecule has 1 aromatic rings. The summed E-state index contributed by atoms with van der Waals surface area (Å²) >= 11 is 0. The van der Waals surface area contributed by atoms with Crippen molar-refractivity contribution >= 4 is 29.3 Å². The molecule has 4 amide bonds. The van der Waals surface area contributed by atoms with Gasteiger partial charge in [-0.25, -0.2) is 0 Å². The van der Waals surface area contributed by atoms with E-state index in [2.05, 4.69) is 15.5 Å². The van der Waals surface area contributed by atoms with Crippen LogP contribution in [0.25, 0.3) is 0 Å². The summed E-state index contributed by atoms with van der Waals surface area (Å²) < 4.78 is 0. The van der Waals surface area contributed by atoms with Gasteiger partial charge in [0.05, 0.1) is 11.1 Å². The van der Waals surface area contributed by atoms with Crippen LogP contribution in [0.15, 0.2) is 18.2 Å². The van der Waals surface area contributed by atoms with Crippen LogP contribution in [0.3, 0.4) is 0 Å². The summed E-state index contributed by atoms with van der Waals surface area (Å²) in [6.07, 6.45) is 4.97. The van der Waals surface area contributed by atoms with E-state index in [9.17, 15) is 19.2 Å². The summed E-state index contributed by atoms with van der Waals surface area (Å²) in [5.74, 6) is -1.85. The van der Waals surface area contributed by atoms with Gasteiger partial charge in [0.25, 0.3) is 11.8 Å². The summed E-state index contributed by atoms with van der Waals surface area (Å²) in [7, 11) is 0. The third-order valence-electron chi connectivity index (χ3n) is 7.03. The Morgan fingerprint density at radius 1 is 1.00 bits per heavy atom. The van der Waals surface area contributed by atoms with Crippen molar-refractivity contribution in [2.75, 3.05) is 31.1 Å². The maximum Gasteiger partial charge on any atom is 0.262 e. The summed E-state index contributed by atoms with van der Waals surface area (Å²) in [6, 6.07) is 4.51. The van der Waals surface area contributed by atoms with E-state index in [0.29, 0.717) is 11.1 Å². The molecule has 0 aliphatic carbocycles. The van der Waals surface area contributed by atoms with E-state index in [1.807, 2.05) is 12.1 Å². The molecule has 1 spiro atoms. The maximum atomic E-state index is 13.1. The minimum Gasteiger partial charge on any atom is -0.371 e. The van der Waals surface area contributed by atoms with Gasteiger partial charge in [0.15, 0.2) is 0 Å². The maximum absolute atomic E-state index is 13.1. The monoisotopic (exact) mass is 410 g/mol. The van der Waals surface area contributed by atoms with Crippen molar-refractivity contribution < 1.29 is 19.2 Å². The molecule has 2 atom stereocenters. The van der Waals surface area contributed by atoms with Crippen LogP contribution < -0.4 is 15.5 Å². The Morgan fingerprint density at radius 2 is 1.83 bits per heavy atom. The van der Waals surface area contributed by atoms with E-state index < -0.39 is 23.8 Å². The normalized spacial score (nSPS) is 29.4. The summed E-state index contributed by atoms with van der Waals surface area (Å²) in [5, 5.41) is 5.73. The standard InChI is InChI=1S/C22H26N4O4/c27-18-6-5-17(19(28)24-18)26-20(29)15-4-3-14(11-16(15)21(26)30)25-10-2-1-7-22(13-25)8-9-23-12-22/h3-4,11,17,23H,1-2,5-10,12-13H2,(H,24,27,28). The van der Waals surface area contributed by atoms with Gasteiger partial charge in [0, 0.05) is 37.2 Å². The summed E-state index contributed by atoms with van der Waals surface area (Å²) in [4.78, 5) is 53.0. The molecule has 158 valence electrons. The summed E-state index contributed by atoms with van der Waals surface area (Å²) in [5.41, 5.74) is 1.91. The van der Waals surface area contributed by atoms with E-state index in [0.717, 1.165) is 49.6 Å². The highest BCUT2D eigenvalue weighted by atomic mass is 16.2. The smallest absolute Gasteiger partial charge is 0.262 e. The van der Waals surface area contributed by atoms with E-state index in [-0.39, 0.29) is 24.2 Å². The first kappa shape index (κ1) is 19.2. The molecule has 0 saturated carbocycles. The molecule has 0 bridgehead atoms. The second kappa shape index (κ2) is 7.19. The fraction of sp³-hybridized carbons (Fsp3) is 0.545. The van der Waals surface area contributed by atoms with Gasteiger partial charge in [0.2, 0.25) is 11.8 Å². The number of carbonyl (C=O) groups is 4. The lowest BCUT2D eigenvalue weighted by Crippen LogP contribution is -2.54. The number of imide groups is 2. The number of carbonyl (C=O) groups excluding carboxylic acids is 4. The lowest BCUT2D eigenvalue weighted by atomic mass is 9.82. The highest BCUT2D eigenvalue weighted by Crippen LogP contribution is 2.38. The molecule has 4 heterocycles. The van der Waals surface area contributed by atoms with Crippen LogP contribution in [0.1, 0.15) is 59.2 Å². The third-order valence-corrected chi connectivity index (χ3v) is 7.03. The Hall–Kier alpha value is -2.74. The molecule has 4 aliphatic rings. The SMILES string of the molecule is O=C1CCC(N2C(=O)c3ccc(N4CCCCC5(CCNC5)C4)cc3C2=O)C(=O)N1. The van der Waals surface area contributed by atoms with Gasteiger partial charge in [-0.05, 0) is 50.4 Å². The number of nitrogens with one attached hydrogen (secondary N) is 2. The van der Waals surface area contributed by atoms with Gasteiger partial charge < -0.3 is 10.2 Å². The topological polar surface area (TPSA) is 98.8 Å². The molecular formula is C22H26N4O4. The van der Waals surface area contributed by atoms with Crippen LogP contribution in [0.5, 0.6) is 0 Å². The minimum atomic E-state index is -0.926. The lowest BCUT2D eigenvalue weighted by Gasteiger charge is -2.33. The molecule has 0 radical (unpaired) electrons. The molecule has 30 heavy (non-hydrogen) atoms. The Morgan fingerprint density at radius 3 is 2.60 bits per heavy atom. The first-order valence-corrected chi connectivity index (χ1v) is 10.8. The van der Waals surface area contributed by atoms with E-state index in [4.69, 9.17) is 0 Å². The largest absolute Gasteiger partial charge is 0.371 e. The molecule has 4 aliphatic heterocycles. The number of hydrogen-bond acceptors (Lipinski definition) is 6. The van der Waals surface area contributed by atoms with Crippen molar-refractivity contribution in [3.8, 4) is 0 Å². The van der Waals surface area contributed by atoms with Crippen LogP contribution in [0.2, 0.25) is 0 Å². The van der Waals surface area contributed by atoms with Gasteiger partial charge in [-0.1, -0.05) is 6.42 Å². The number of nitrogens with zero attached hydrogens (tertiary/aromatic N) is 2. The fourth-order valence-corrected chi connectivity index (χ4v) is 5.39. The quantitative estimate of drug-likeness (QED) is 0.708. The van der Waals surface area contributed by atoms with Gasteiger partial charge in [-0.3, -0.25) is 29.4 Å². The number of benzene rings is 1. The fourth-order valence-electron chi connectivity index (χ4n) is 5.39. The Balaban J connectivity index is 1.42. The van der Waals surface area contributed by atoms with Crippen molar-refractivity contribution in [2.24, 2.45) is 5.41 Å². The molecule has 3 saturated heterocycles. The van der Waals surface area contributed by atoms with Crippen molar-refractivity contribution in [1.82, 2.24) is 15.5 Å². The summed E-state index contributed by atoms with van der Waals surface area (Å²) in [6.45, 7) is 3.94. The van der Waals surface area contributed by atoms with Crippen molar-refractivity contribution in [2.45, 2.75) is 44.6 Å². The van der Waals surface area contributed by atoms with Crippen LogP contribution in [-0.4, -0.2) is 60.7 Å². The van der Waals surface area contributed by atoms with Gasteiger partial charge in [-0.15, -0.1) is 0 Å². The minimum absolute atomic E-state index is 0.124. The Labute approximate surface area is 175 Å². The lowest BCUT2D eigenvalue weighted by molar-refractivity contribution is -0.136. The molecule has 8 nitrogen and oxygen atoms in total. The first-order valence-electron chi connectivity index (χ1n) is 10.8. The third kappa shape index (κ3) is 3.10. The zero-order valence-corrected chi connectivity index (χ0v) is 16.9.